The molecule has 4 rings (SSSR count). The van der Waals surface area contributed by atoms with E-state index in [-0.39, 0.29) is 11.7 Å². The number of hydrogen-bond donors (Lipinski definition) is 0. The molecule has 3 aromatic rings. The number of hydrogen-bond acceptors (Lipinski definition) is 4. The summed E-state index contributed by atoms with van der Waals surface area (Å²) >= 11 is 1.62. The van der Waals surface area contributed by atoms with E-state index in [9.17, 15) is 4.79 Å². The Hall–Kier alpha value is -2.11. The molecule has 1 atom stereocenters. The van der Waals surface area contributed by atoms with Crippen LogP contribution >= 0.6 is 11.8 Å². The van der Waals surface area contributed by atoms with Crippen LogP contribution in [0.4, 0.5) is 0 Å². The molecule has 1 aromatic heterocycles. The van der Waals surface area contributed by atoms with Crippen molar-refractivity contribution in [3.05, 3.63) is 69.5 Å². The van der Waals surface area contributed by atoms with E-state index in [1.54, 1.807) is 11.8 Å². The molecular weight excluding hydrogens is 356 g/mol. The van der Waals surface area contributed by atoms with Crippen LogP contribution in [0.3, 0.4) is 0 Å². The summed E-state index contributed by atoms with van der Waals surface area (Å²) in [5.41, 5.74) is 4.61. The molecule has 1 aliphatic rings. The molecule has 0 bridgehead atoms. The summed E-state index contributed by atoms with van der Waals surface area (Å²) in [5.74, 6) is 0.789. The minimum atomic E-state index is 0.0266. The zero-order valence-electron chi connectivity index (χ0n) is 15.8. The summed E-state index contributed by atoms with van der Waals surface area (Å²) in [5, 5.41) is 1.44. The fourth-order valence-electron chi connectivity index (χ4n) is 3.45. The molecule has 1 unspecified atom stereocenters. The highest BCUT2D eigenvalue weighted by Crippen LogP contribution is 2.25. The van der Waals surface area contributed by atoms with E-state index in [0.29, 0.717) is 11.9 Å². The maximum Gasteiger partial charge on any atom is 0.262 e. The Morgan fingerprint density at radius 3 is 2.81 bits per heavy atom. The van der Waals surface area contributed by atoms with Crippen LogP contribution in [-0.4, -0.2) is 22.3 Å². The van der Waals surface area contributed by atoms with Crippen LogP contribution in [0.2, 0.25) is 0 Å². The van der Waals surface area contributed by atoms with Crippen LogP contribution < -0.4 is 5.56 Å². The lowest BCUT2D eigenvalue weighted by atomic mass is 10.1. The molecule has 140 valence electrons. The highest BCUT2D eigenvalue weighted by Gasteiger charge is 2.20. The number of fused-ring (bicyclic) bond motifs is 1. The molecule has 5 heteroatoms. The molecule has 0 radical (unpaired) electrons. The average molecular weight is 381 g/mol. The molecule has 0 saturated carbocycles. The van der Waals surface area contributed by atoms with Gasteiger partial charge in [-0.25, -0.2) is 4.98 Å². The topological polar surface area (TPSA) is 44.1 Å². The third-order valence-corrected chi connectivity index (χ3v) is 6.22. The maximum atomic E-state index is 13.1. The molecule has 1 fully saturated rings. The Morgan fingerprint density at radius 1 is 1.19 bits per heavy atom. The van der Waals surface area contributed by atoms with E-state index in [1.807, 2.05) is 28.8 Å². The molecule has 0 aliphatic carbocycles. The van der Waals surface area contributed by atoms with Gasteiger partial charge < -0.3 is 4.74 Å². The number of rotatable bonds is 5. The number of nitrogens with zero attached hydrogens (tertiary/aromatic N) is 2. The number of aryl methyl sites for hydroxylation is 2. The minimum absolute atomic E-state index is 0.0266. The monoisotopic (exact) mass is 380 g/mol. The molecule has 1 aliphatic heterocycles. The van der Waals surface area contributed by atoms with Crippen molar-refractivity contribution in [1.82, 2.24) is 9.55 Å². The second-order valence-electron chi connectivity index (χ2n) is 7.17. The normalized spacial score (nSPS) is 16.9. The fraction of sp³-hybridized carbons (Fsp3) is 0.364. The third-order valence-electron chi connectivity index (χ3n) is 5.18. The first-order chi connectivity index (χ1) is 13.1. The van der Waals surface area contributed by atoms with E-state index in [1.165, 1.54) is 16.7 Å². The molecule has 0 amide bonds. The Balaban J connectivity index is 1.68. The standard InChI is InChI=1S/C22H24N2O2S/c1-15-9-10-17(12-16(15)2)14-27-22-23-20-8-4-3-7-19(20)21(25)24(22)13-18-6-5-11-26-18/h3-4,7-10,12,18H,5-6,11,13-14H2,1-2H3. The summed E-state index contributed by atoms with van der Waals surface area (Å²) in [6.45, 7) is 5.61. The van der Waals surface area contributed by atoms with Gasteiger partial charge in [-0.3, -0.25) is 9.36 Å². The van der Waals surface area contributed by atoms with Crippen LogP contribution in [0.5, 0.6) is 0 Å². The molecule has 2 heterocycles. The van der Waals surface area contributed by atoms with Gasteiger partial charge in [0.15, 0.2) is 5.16 Å². The second kappa shape index (κ2) is 7.87. The van der Waals surface area contributed by atoms with Crippen molar-refractivity contribution in [3.63, 3.8) is 0 Å². The van der Waals surface area contributed by atoms with Gasteiger partial charge in [-0.15, -0.1) is 0 Å². The Morgan fingerprint density at radius 2 is 2.04 bits per heavy atom. The number of para-hydroxylation sites is 1. The van der Waals surface area contributed by atoms with Crippen molar-refractivity contribution in [2.24, 2.45) is 0 Å². The molecule has 0 N–H and O–H groups in total. The van der Waals surface area contributed by atoms with Gasteiger partial charge in [-0.05, 0) is 55.5 Å². The highest BCUT2D eigenvalue weighted by molar-refractivity contribution is 7.98. The molecule has 1 saturated heterocycles. The van der Waals surface area contributed by atoms with E-state index < -0.39 is 0 Å². The van der Waals surface area contributed by atoms with Crippen LogP contribution in [0, 0.1) is 13.8 Å². The number of ether oxygens (including phenoxy) is 1. The van der Waals surface area contributed by atoms with Crippen LogP contribution in [0.1, 0.15) is 29.5 Å². The molecule has 4 nitrogen and oxygen atoms in total. The van der Waals surface area contributed by atoms with Gasteiger partial charge in [0.05, 0.1) is 23.6 Å². The largest absolute Gasteiger partial charge is 0.376 e. The van der Waals surface area contributed by atoms with Crippen molar-refractivity contribution >= 4 is 22.7 Å². The van der Waals surface area contributed by atoms with E-state index >= 15 is 0 Å². The van der Waals surface area contributed by atoms with Crippen molar-refractivity contribution in [2.45, 2.75) is 50.2 Å². The number of benzene rings is 2. The molecule has 0 spiro atoms. The number of aromatic nitrogens is 2. The van der Waals surface area contributed by atoms with Crippen LogP contribution in [0.15, 0.2) is 52.4 Å². The Kier molecular flexibility index (Phi) is 5.32. The Bertz CT molecular complexity index is 1020. The summed E-state index contributed by atoms with van der Waals surface area (Å²) in [7, 11) is 0. The van der Waals surface area contributed by atoms with Gasteiger partial charge in [0.25, 0.3) is 5.56 Å². The van der Waals surface area contributed by atoms with Gasteiger partial charge >= 0.3 is 0 Å². The van der Waals surface area contributed by atoms with Crippen LogP contribution in [0.25, 0.3) is 10.9 Å². The van der Waals surface area contributed by atoms with Crippen molar-refractivity contribution in [3.8, 4) is 0 Å². The lowest BCUT2D eigenvalue weighted by Crippen LogP contribution is -2.28. The predicted molar refractivity (Wildman–Crippen MR) is 110 cm³/mol. The van der Waals surface area contributed by atoms with E-state index in [2.05, 4.69) is 32.0 Å². The van der Waals surface area contributed by atoms with Gasteiger partial charge in [0.1, 0.15) is 0 Å². The minimum Gasteiger partial charge on any atom is -0.376 e. The first-order valence-corrected chi connectivity index (χ1v) is 10.4. The smallest absolute Gasteiger partial charge is 0.262 e. The van der Waals surface area contributed by atoms with E-state index in [0.717, 1.165) is 35.9 Å². The zero-order chi connectivity index (χ0) is 18.8. The van der Waals surface area contributed by atoms with Crippen molar-refractivity contribution < 1.29 is 4.74 Å². The first-order valence-electron chi connectivity index (χ1n) is 9.42. The lowest BCUT2D eigenvalue weighted by molar-refractivity contribution is 0.0937. The SMILES string of the molecule is Cc1ccc(CSc2nc3ccccc3c(=O)n2CC2CCCO2)cc1C. The molecular formula is C22H24N2O2S. The van der Waals surface area contributed by atoms with Crippen molar-refractivity contribution in [1.29, 1.82) is 0 Å². The van der Waals surface area contributed by atoms with Gasteiger partial charge in [-0.2, -0.15) is 0 Å². The summed E-state index contributed by atoms with van der Waals surface area (Å²) in [4.78, 5) is 17.9. The molecule has 27 heavy (non-hydrogen) atoms. The Labute approximate surface area is 163 Å². The zero-order valence-corrected chi connectivity index (χ0v) is 16.6. The fourth-order valence-corrected chi connectivity index (χ4v) is 4.40. The maximum absolute atomic E-state index is 13.1. The van der Waals surface area contributed by atoms with Gasteiger partial charge in [-0.1, -0.05) is 42.1 Å². The summed E-state index contributed by atoms with van der Waals surface area (Å²) in [6.07, 6.45) is 2.16. The van der Waals surface area contributed by atoms with Gasteiger partial charge in [0, 0.05) is 12.4 Å². The summed E-state index contributed by atoms with van der Waals surface area (Å²) in [6, 6.07) is 14.1. The first kappa shape index (κ1) is 18.3. The number of thioether (sulfide) groups is 1. The predicted octanol–water partition coefficient (Wildman–Crippen LogP) is 4.48. The average Bonchev–Trinajstić information content (AvgIpc) is 3.18. The second-order valence-corrected chi connectivity index (χ2v) is 8.11. The lowest BCUT2D eigenvalue weighted by Gasteiger charge is -2.16. The van der Waals surface area contributed by atoms with Gasteiger partial charge in [0.2, 0.25) is 0 Å². The third kappa shape index (κ3) is 3.94. The van der Waals surface area contributed by atoms with Crippen LogP contribution in [-0.2, 0) is 17.0 Å². The van der Waals surface area contributed by atoms with E-state index in [4.69, 9.17) is 9.72 Å². The summed E-state index contributed by atoms with van der Waals surface area (Å²) < 4.78 is 7.58. The highest BCUT2D eigenvalue weighted by atomic mass is 32.2. The van der Waals surface area contributed by atoms with Crippen molar-refractivity contribution in [2.75, 3.05) is 6.61 Å². The quantitative estimate of drug-likeness (QED) is 0.483. The molecule has 2 aromatic carbocycles.